The third kappa shape index (κ3) is 3.42. The monoisotopic (exact) mass is 382 g/mol. The first-order valence-corrected chi connectivity index (χ1v) is 10.2. The molecule has 148 valence electrons. The second-order valence-electron chi connectivity index (χ2n) is 8.02. The third-order valence-electron chi connectivity index (χ3n) is 6.38. The fourth-order valence-corrected chi connectivity index (χ4v) is 4.86. The average molecular weight is 382 g/mol. The molecule has 2 aromatic heterocycles. The number of ether oxygens (including phenoxy) is 1. The first-order chi connectivity index (χ1) is 13.8. The van der Waals surface area contributed by atoms with Crippen LogP contribution in [0, 0.1) is 11.8 Å². The van der Waals surface area contributed by atoms with E-state index in [1.165, 1.54) is 0 Å². The Morgan fingerprint density at radius 3 is 2.82 bits per heavy atom. The molecular formula is C20H26N6O2. The number of hydrogen-bond donors (Lipinski definition) is 0. The van der Waals surface area contributed by atoms with Crippen LogP contribution in [-0.4, -0.2) is 81.1 Å². The van der Waals surface area contributed by atoms with E-state index in [1.54, 1.807) is 6.20 Å². The molecule has 4 saturated heterocycles. The molecule has 2 bridgehead atoms. The van der Waals surface area contributed by atoms with E-state index < -0.39 is 0 Å². The molecule has 2 aromatic rings. The van der Waals surface area contributed by atoms with Crippen LogP contribution in [0.1, 0.15) is 12.8 Å². The second kappa shape index (κ2) is 7.60. The Kier molecular flexibility index (Phi) is 4.82. The number of nitrogens with zero attached hydrogens (tertiary/aromatic N) is 6. The number of morpholine rings is 1. The van der Waals surface area contributed by atoms with Crippen LogP contribution in [0.2, 0.25) is 0 Å². The minimum Gasteiger partial charge on any atom is -0.378 e. The maximum Gasteiger partial charge on any atom is 0.227 e. The van der Waals surface area contributed by atoms with Crippen molar-refractivity contribution in [2.24, 2.45) is 11.8 Å². The van der Waals surface area contributed by atoms with Crippen LogP contribution >= 0.6 is 0 Å². The van der Waals surface area contributed by atoms with Crippen molar-refractivity contribution in [1.29, 1.82) is 0 Å². The smallest absolute Gasteiger partial charge is 0.227 e. The second-order valence-corrected chi connectivity index (χ2v) is 8.02. The normalized spacial score (nSPS) is 29.8. The summed E-state index contributed by atoms with van der Waals surface area (Å²) < 4.78 is 7.32. The minimum absolute atomic E-state index is 0.142. The van der Waals surface area contributed by atoms with Crippen LogP contribution < -0.4 is 0 Å². The van der Waals surface area contributed by atoms with E-state index in [-0.39, 0.29) is 5.92 Å². The highest BCUT2D eigenvalue weighted by atomic mass is 16.5. The van der Waals surface area contributed by atoms with Crippen molar-refractivity contribution in [3.8, 4) is 11.4 Å². The molecule has 8 nitrogen and oxygen atoms in total. The van der Waals surface area contributed by atoms with Gasteiger partial charge < -0.3 is 9.64 Å². The zero-order valence-electron chi connectivity index (χ0n) is 16.0. The van der Waals surface area contributed by atoms with Crippen molar-refractivity contribution >= 4 is 5.91 Å². The number of carbonyl (C=O) groups is 1. The Bertz CT molecular complexity index is 819. The molecule has 8 heteroatoms. The number of fused-ring (bicyclic) bond motifs is 3. The minimum atomic E-state index is 0.142. The molecule has 0 radical (unpaired) electrons. The summed E-state index contributed by atoms with van der Waals surface area (Å²) in [5, 5.41) is 8.59. The van der Waals surface area contributed by atoms with Crippen molar-refractivity contribution in [3.63, 3.8) is 0 Å². The summed E-state index contributed by atoms with van der Waals surface area (Å²) in [4.78, 5) is 21.8. The van der Waals surface area contributed by atoms with Crippen molar-refractivity contribution in [2.45, 2.75) is 25.4 Å². The van der Waals surface area contributed by atoms with Gasteiger partial charge >= 0.3 is 0 Å². The lowest BCUT2D eigenvalue weighted by Crippen LogP contribution is -2.59. The molecular weight excluding hydrogens is 356 g/mol. The summed E-state index contributed by atoms with van der Waals surface area (Å²) in [5.41, 5.74) is 1.65. The Balaban J connectivity index is 1.23. The molecule has 4 fully saturated rings. The molecule has 1 amide bonds. The molecule has 1 unspecified atom stereocenters. The summed E-state index contributed by atoms with van der Waals surface area (Å²) in [6.07, 6.45) is 5.92. The topological polar surface area (TPSA) is 76.4 Å². The molecule has 0 N–H and O–H groups in total. The lowest BCUT2D eigenvalue weighted by atomic mass is 9.75. The van der Waals surface area contributed by atoms with Crippen LogP contribution in [0.3, 0.4) is 0 Å². The standard InChI is InChI=1S/C20H26N6O2/c27-20(24-7-9-28-10-8-24)17-13-25-6-4-15(17)11-16(25)12-26-14-19(22-23-26)18-3-1-2-5-21-18/h1-3,5,14-17H,4,6-13H2/t15-,16-,17+/m1/s1. The van der Waals surface area contributed by atoms with Gasteiger partial charge in [-0.15, -0.1) is 5.10 Å². The van der Waals surface area contributed by atoms with Crippen LogP contribution in [0.5, 0.6) is 0 Å². The predicted octanol–water partition coefficient (Wildman–Crippen LogP) is 0.909. The molecule has 0 saturated carbocycles. The van der Waals surface area contributed by atoms with Crippen LogP contribution in [-0.2, 0) is 16.1 Å². The molecule has 6 rings (SSSR count). The van der Waals surface area contributed by atoms with E-state index >= 15 is 0 Å². The number of rotatable bonds is 4. The Labute approximate surface area is 164 Å². The maximum absolute atomic E-state index is 13.0. The number of piperidine rings is 3. The Morgan fingerprint density at radius 1 is 1.18 bits per heavy atom. The summed E-state index contributed by atoms with van der Waals surface area (Å²) >= 11 is 0. The van der Waals surface area contributed by atoms with Crippen molar-refractivity contribution in [3.05, 3.63) is 30.6 Å². The van der Waals surface area contributed by atoms with E-state index in [0.717, 1.165) is 57.0 Å². The van der Waals surface area contributed by atoms with E-state index in [9.17, 15) is 4.79 Å². The maximum atomic E-state index is 13.0. The van der Waals surface area contributed by atoms with Gasteiger partial charge in [0.1, 0.15) is 5.69 Å². The number of carbonyl (C=O) groups excluding carboxylic acids is 1. The van der Waals surface area contributed by atoms with Gasteiger partial charge in [-0.05, 0) is 37.4 Å². The number of amides is 1. The summed E-state index contributed by atoms with van der Waals surface area (Å²) in [7, 11) is 0. The van der Waals surface area contributed by atoms with Gasteiger partial charge in [0, 0.05) is 31.9 Å². The zero-order valence-corrected chi connectivity index (χ0v) is 16.0. The Morgan fingerprint density at radius 2 is 2.07 bits per heavy atom. The third-order valence-corrected chi connectivity index (χ3v) is 6.38. The fraction of sp³-hybridized carbons (Fsp3) is 0.600. The summed E-state index contributed by atoms with van der Waals surface area (Å²) in [6, 6.07) is 6.22. The fourth-order valence-electron chi connectivity index (χ4n) is 4.86. The quantitative estimate of drug-likeness (QED) is 0.782. The molecule has 0 aliphatic carbocycles. The van der Waals surface area contributed by atoms with Gasteiger partial charge in [0.25, 0.3) is 0 Å². The highest BCUT2D eigenvalue weighted by Gasteiger charge is 2.44. The largest absolute Gasteiger partial charge is 0.378 e. The first-order valence-electron chi connectivity index (χ1n) is 10.2. The van der Waals surface area contributed by atoms with Crippen molar-refractivity contribution < 1.29 is 9.53 Å². The molecule has 28 heavy (non-hydrogen) atoms. The lowest BCUT2D eigenvalue weighted by Gasteiger charge is -2.50. The molecule has 4 aliphatic rings. The SMILES string of the molecule is O=C([C@H]1CN2CC[C@@H]1C[C@@H]2Cn1cc(-c2ccccn2)nn1)N1CCOCC1. The summed E-state index contributed by atoms with van der Waals surface area (Å²) in [5.74, 6) is 0.946. The van der Waals surface area contributed by atoms with E-state index in [4.69, 9.17) is 4.74 Å². The molecule has 4 atom stereocenters. The average Bonchev–Trinajstić information content (AvgIpc) is 3.23. The highest BCUT2D eigenvalue weighted by molar-refractivity contribution is 5.79. The van der Waals surface area contributed by atoms with Crippen LogP contribution in [0.15, 0.2) is 30.6 Å². The predicted molar refractivity (Wildman–Crippen MR) is 102 cm³/mol. The van der Waals surface area contributed by atoms with Gasteiger partial charge in [0.2, 0.25) is 5.91 Å². The summed E-state index contributed by atoms with van der Waals surface area (Å²) in [6.45, 7) is 5.56. The van der Waals surface area contributed by atoms with Crippen molar-refractivity contribution in [1.82, 2.24) is 29.8 Å². The van der Waals surface area contributed by atoms with E-state index in [0.29, 0.717) is 31.1 Å². The van der Waals surface area contributed by atoms with Crippen LogP contribution in [0.4, 0.5) is 0 Å². The zero-order chi connectivity index (χ0) is 18.9. The van der Waals surface area contributed by atoms with E-state index in [1.807, 2.05) is 34.0 Å². The van der Waals surface area contributed by atoms with Gasteiger partial charge in [-0.1, -0.05) is 11.3 Å². The van der Waals surface area contributed by atoms with Gasteiger partial charge in [-0.3, -0.25) is 19.4 Å². The molecule has 4 aliphatic heterocycles. The number of aromatic nitrogens is 4. The van der Waals surface area contributed by atoms with Gasteiger partial charge in [0.05, 0.1) is 37.6 Å². The number of hydrogen-bond acceptors (Lipinski definition) is 6. The number of pyridine rings is 1. The lowest BCUT2D eigenvalue weighted by molar-refractivity contribution is -0.148. The molecule has 6 heterocycles. The van der Waals surface area contributed by atoms with Gasteiger partial charge in [0.15, 0.2) is 0 Å². The van der Waals surface area contributed by atoms with Crippen molar-refractivity contribution in [2.75, 3.05) is 39.4 Å². The Hall–Kier alpha value is -2.32. The highest BCUT2D eigenvalue weighted by Crippen LogP contribution is 2.37. The van der Waals surface area contributed by atoms with Gasteiger partial charge in [-0.2, -0.15) is 0 Å². The molecule has 0 spiro atoms. The first kappa shape index (κ1) is 17.8. The molecule has 0 aromatic carbocycles. The van der Waals surface area contributed by atoms with Crippen LogP contribution in [0.25, 0.3) is 11.4 Å². The van der Waals surface area contributed by atoms with E-state index in [2.05, 4.69) is 20.2 Å². The van der Waals surface area contributed by atoms with Gasteiger partial charge in [-0.25, -0.2) is 0 Å².